The average Bonchev–Trinajstić information content (AvgIpc) is 2.85. The molecule has 18 heavy (non-hydrogen) atoms. The number of terminal acetylenes is 1. The van der Waals surface area contributed by atoms with Crippen molar-refractivity contribution in [3.8, 4) is 12.3 Å². The molecule has 1 N–H and O–H groups in total. The fraction of sp³-hybridized carbons (Fsp3) is 0.615. The molecule has 1 unspecified atom stereocenters. The van der Waals surface area contributed by atoms with Crippen molar-refractivity contribution in [1.82, 2.24) is 4.90 Å². The van der Waals surface area contributed by atoms with Gasteiger partial charge in [-0.2, -0.15) is 0 Å². The van der Waals surface area contributed by atoms with Crippen molar-refractivity contribution in [1.29, 1.82) is 0 Å². The lowest BCUT2D eigenvalue weighted by atomic mass is 9.84. The Hall–Kier alpha value is -1.83. The maximum absolute atomic E-state index is 12.3. The van der Waals surface area contributed by atoms with Crippen LogP contribution in [0.4, 0.5) is 0 Å². The van der Waals surface area contributed by atoms with E-state index in [1.165, 1.54) is 0 Å². The maximum atomic E-state index is 12.3. The SMILES string of the molecule is C#CCC(C(=O)O)N1C(=O)CC2(CCCC2)C1=O. The van der Waals surface area contributed by atoms with Crippen LogP contribution in [0.5, 0.6) is 0 Å². The van der Waals surface area contributed by atoms with Crippen molar-refractivity contribution in [2.45, 2.75) is 44.6 Å². The molecule has 1 heterocycles. The summed E-state index contributed by atoms with van der Waals surface area (Å²) >= 11 is 0. The first-order valence-electron chi connectivity index (χ1n) is 6.04. The number of amides is 2. The Balaban J connectivity index is 2.28. The smallest absolute Gasteiger partial charge is 0.327 e. The van der Waals surface area contributed by atoms with Crippen molar-refractivity contribution in [2.75, 3.05) is 0 Å². The highest BCUT2D eigenvalue weighted by Crippen LogP contribution is 2.47. The Kier molecular flexibility index (Phi) is 3.12. The van der Waals surface area contributed by atoms with Crippen LogP contribution < -0.4 is 0 Å². The van der Waals surface area contributed by atoms with E-state index >= 15 is 0 Å². The van der Waals surface area contributed by atoms with E-state index in [9.17, 15) is 14.4 Å². The van der Waals surface area contributed by atoms with E-state index in [-0.39, 0.29) is 18.7 Å². The first-order valence-corrected chi connectivity index (χ1v) is 6.04. The molecule has 2 rings (SSSR count). The van der Waals surface area contributed by atoms with E-state index in [0.717, 1.165) is 17.7 Å². The molecule has 1 aliphatic carbocycles. The number of carboxylic acids is 1. The van der Waals surface area contributed by atoms with Crippen LogP contribution in [0.2, 0.25) is 0 Å². The summed E-state index contributed by atoms with van der Waals surface area (Å²) in [6.07, 6.45) is 8.30. The summed E-state index contributed by atoms with van der Waals surface area (Å²) in [5, 5.41) is 9.09. The summed E-state index contributed by atoms with van der Waals surface area (Å²) in [7, 11) is 0. The molecule has 0 bridgehead atoms. The van der Waals surface area contributed by atoms with Gasteiger partial charge in [0.15, 0.2) is 0 Å². The van der Waals surface area contributed by atoms with E-state index in [0.29, 0.717) is 12.8 Å². The third-order valence-electron chi connectivity index (χ3n) is 3.90. The van der Waals surface area contributed by atoms with Gasteiger partial charge in [0.25, 0.3) is 0 Å². The van der Waals surface area contributed by atoms with Gasteiger partial charge >= 0.3 is 5.97 Å². The largest absolute Gasteiger partial charge is 0.480 e. The number of carbonyl (C=O) groups is 3. The number of rotatable bonds is 3. The number of nitrogens with zero attached hydrogens (tertiary/aromatic N) is 1. The van der Waals surface area contributed by atoms with Crippen LogP contribution in [0.25, 0.3) is 0 Å². The van der Waals surface area contributed by atoms with Gasteiger partial charge in [0, 0.05) is 12.8 Å². The van der Waals surface area contributed by atoms with E-state index in [1.54, 1.807) is 0 Å². The lowest BCUT2D eigenvalue weighted by molar-refractivity contribution is -0.155. The van der Waals surface area contributed by atoms with Gasteiger partial charge in [-0.25, -0.2) is 4.79 Å². The maximum Gasteiger partial charge on any atom is 0.327 e. The number of hydrogen-bond acceptors (Lipinski definition) is 3. The van der Waals surface area contributed by atoms with Crippen molar-refractivity contribution >= 4 is 17.8 Å². The summed E-state index contributed by atoms with van der Waals surface area (Å²) in [6, 6.07) is -1.21. The topological polar surface area (TPSA) is 74.7 Å². The number of aliphatic carboxylic acids is 1. The van der Waals surface area contributed by atoms with Gasteiger partial charge in [0.2, 0.25) is 11.8 Å². The molecule has 0 aromatic heterocycles. The normalized spacial score (nSPS) is 23.4. The molecule has 0 aromatic carbocycles. The van der Waals surface area contributed by atoms with Crippen molar-refractivity contribution in [2.24, 2.45) is 5.41 Å². The van der Waals surface area contributed by atoms with Crippen LogP contribution in [0.3, 0.4) is 0 Å². The monoisotopic (exact) mass is 249 g/mol. The highest BCUT2D eigenvalue weighted by molar-refractivity contribution is 6.08. The molecular formula is C13H15NO4. The highest BCUT2D eigenvalue weighted by atomic mass is 16.4. The zero-order chi connectivity index (χ0) is 13.3. The van der Waals surface area contributed by atoms with Crippen LogP contribution >= 0.6 is 0 Å². The quantitative estimate of drug-likeness (QED) is 0.592. The third-order valence-corrected chi connectivity index (χ3v) is 3.90. The van der Waals surface area contributed by atoms with Gasteiger partial charge in [-0.3, -0.25) is 14.5 Å². The second-order valence-corrected chi connectivity index (χ2v) is 5.00. The van der Waals surface area contributed by atoms with Crippen LogP contribution in [-0.4, -0.2) is 33.8 Å². The minimum atomic E-state index is -1.22. The molecule has 5 nitrogen and oxygen atoms in total. The summed E-state index contributed by atoms with van der Waals surface area (Å²) in [5.41, 5.74) is -0.640. The number of hydrogen-bond donors (Lipinski definition) is 1. The van der Waals surface area contributed by atoms with Gasteiger partial charge in [-0.05, 0) is 12.8 Å². The van der Waals surface area contributed by atoms with Gasteiger partial charge in [-0.1, -0.05) is 12.8 Å². The Morgan fingerprint density at radius 2 is 2.06 bits per heavy atom. The molecule has 1 spiro atoms. The van der Waals surface area contributed by atoms with Gasteiger partial charge in [0.05, 0.1) is 5.41 Å². The fourth-order valence-electron chi connectivity index (χ4n) is 2.98. The average molecular weight is 249 g/mol. The minimum Gasteiger partial charge on any atom is -0.480 e. The van der Waals surface area contributed by atoms with E-state index < -0.39 is 23.3 Å². The number of carboxylic acid groups (broad SMARTS) is 1. The molecule has 1 atom stereocenters. The molecule has 2 fully saturated rings. The van der Waals surface area contributed by atoms with Crippen LogP contribution in [0.1, 0.15) is 38.5 Å². The van der Waals surface area contributed by atoms with Crippen molar-refractivity contribution < 1.29 is 19.5 Å². The summed E-state index contributed by atoms with van der Waals surface area (Å²) < 4.78 is 0. The summed E-state index contributed by atoms with van der Waals surface area (Å²) in [6.45, 7) is 0. The van der Waals surface area contributed by atoms with Crippen LogP contribution in [-0.2, 0) is 14.4 Å². The lowest BCUT2D eigenvalue weighted by Crippen LogP contribution is -2.46. The second-order valence-electron chi connectivity index (χ2n) is 5.00. The number of imide groups is 1. The van der Waals surface area contributed by atoms with Crippen LogP contribution in [0.15, 0.2) is 0 Å². The van der Waals surface area contributed by atoms with Crippen molar-refractivity contribution in [3.05, 3.63) is 0 Å². The second kappa shape index (κ2) is 4.45. The Morgan fingerprint density at radius 1 is 1.44 bits per heavy atom. The molecule has 1 aliphatic heterocycles. The van der Waals surface area contributed by atoms with E-state index in [2.05, 4.69) is 5.92 Å². The molecule has 1 saturated heterocycles. The predicted molar refractivity (Wildman–Crippen MR) is 62.2 cm³/mol. The van der Waals surface area contributed by atoms with Gasteiger partial charge in [0.1, 0.15) is 6.04 Å². The van der Waals surface area contributed by atoms with Crippen LogP contribution in [0, 0.1) is 17.8 Å². The molecule has 1 saturated carbocycles. The molecule has 0 aromatic rings. The zero-order valence-corrected chi connectivity index (χ0v) is 10.0. The minimum absolute atomic E-state index is 0.136. The molecular weight excluding hydrogens is 234 g/mol. The third kappa shape index (κ3) is 1.78. The van der Waals surface area contributed by atoms with Crippen molar-refractivity contribution in [3.63, 3.8) is 0 Å². The predicted octanol–water partition coefficient (Wildman–Crippen LogP) is 0.782. The fourth-order valence-corrected chi connectivity index (χ4v) is 2.98. The van der Waals surface area contributed by atoms with E-state index in [1.807, 2.05) is 0 Å². The molecule has 2 amide bonds. The van der Waals surface area contributed by atoms with Gasteiger partial charge in [-0.15, -0.1) is 12.3 Å². The first kappa shape index (κ1) is 12.6. The summed E-state index contributed by atoms with van der Waals surface area (Å²) in [4.78, 5) is 36.3. The first-order chi connectivity index (χ1) is 8.52. The Bertz CT molecular complexity index is 442. The molecule has 96 valence electrons. The van der Waals surface area contributed by atoms with Gasteiger partial charge < -0.3 is 5.11 Å². The Labute approximate surface area is 105 Å². The molecule has 5 heteroatoms. The Morgan fingerprint density at radius 3 is 2.56 bits per heavy atom. The zero-order valence-electron chi connectivity index (χ0n) is 10.0. The number of likely N-dealkylation sites (tertiary alicyclic amines) is 1. The molecule has 0 radical (unpaired) electrons. The molecule has 2 aliphatic rings. The summed E-state index contributed by atoms with van der Waals surface area (Å²) in [5.74, 6) is 0.263. The standard InChI is InChI=1S/C13H15NO4/c1-2-5-9(11(16)17)14-10(15)8-13(12(14)18)6-3-4-7-13/h1,9H,3-8H2,(H,16,17). The van der Waals surface area contributed by atoms with E-state index in [4.69, 9.17) is 11.5 Å². The lowest BCUT2D eigenvalue weighted by Gasteiger charge is -2.24. The highest BCUT2D eigenvalue weighted by Gasteiger charge is 2.55. The number of carbonyl (C=O) groups excluding carboxylic acids is 2.